The van der Waals surface area contributed by atoms with Gasteiger partial charge in [0.25, 0.3) is 5.22 Å². The highest BCUT2D eigenvalue weighted by Gasteiger charge is 2.39. The molecule has 10 heteroatoms. The average molecular weight is 754 g/mol. The van der Waals surface area contributed by atoms with Crippen molar-refractivity contribution in [2.45, 2.75) is 56.6 Å². The zero-order chi connectivity index (χ0) is 38.1. The predicted molar refractivity (Wildman–Crippen MR) is 214 cm³/mol. The summed E-state index contributed by atoms with van der Waals surface area (Å²) >= 11 is 1.49. The Kier molecular flexibility index (Phi) is 12.2. The number of Topliss-reactive ketones (excluding diaryl/α,β-unsaturated/α-hetero) is 1. The van der Waals surface area contributed by atoms with E-state index in [-0.39, 0.29) is 30.5 Å². The number of rotatable bonds is 13. The van der Waals surface area contributed by atoms with Crippen LogP contribution in [0.15, 0.2) is 149 Å². The number of carbonyl (C=O) groups is 2. The number of oxazole rings is 1. The molecule has 1 aromatic heterocycles. The molecule has 1 aliphatic heterocycles. The first kappa shape index (κ1) is 37.8. The molecule has 7 rings (SSSR count). The van der Waals surface area contributed by atoms with Gasteiger partial charge < -0.3 is 29.6 Å². The van der Waals surface area contributed by atoms with Gasteiger partial charge in [0, 0.05) is 34.0 Å². The van der Waals surface area contributed by atoms with Gasteiger partial charge >= 0.3 is 6.03 Å². The van der Waals surface area contributed by atoms with Gasteiger partial charge in [0.1, 0.15) is 5.69 Å². The molecule has 0 aliphatic carbocycles. The van der Waals surface area contributed by atoms with Crippen LogP contribution in [0, 0.1) is 5.92 Å². The van der Waals surface area contributed by atoms with Crippen LogP contribution >= 0.6 is 11.8 Å². The number of hydrogen-bond acceptors (Lipinski definition) is 8. The molecule has 280 valence electrons. The number of benzene rings is 5. The smallest absolute Gasteiger partial charge is 0.319 e. The summed E-state index contributed by atoms with van der Waals surface area (Å²) in [4.78, 5) is 30.5. The molecular formula is C45H43N3O6S. The third-order valence-electron chi connectivity index (χ3n) is 9.68. The van der Waals surface area contributed by atoms with Gasteiger partial charge in [0.15, 0.2) is 17.8 Å². The molecule has 5 aromatic carbocycles. The second kappa shape index (κ2) is 17.7. The van der Waals surface area contributed by atoms with Crippen LogP contribution in [0.5, 0.6) is 0 Å². The molecule has 0 saturated carbocycles. The minimum Gasteiger partial charge on any atom is -0.431 e. The van der Waals surface area contributed by atoms with Crippen molar-refractivity contribution in [1.29, 1.82) is 0 Å². The summed E-state index contributed by atoms with van der Waals surface area (Å²) in [6.45, 7) is 3.53. The van der Waals surface area contributed by atoms with E-state index in [0.717, 1.165) is 39.1 Å². The standard InChI is InChI=1S/C45H43N3O6S/c1-29-39(28-55-45-48-40(33-15-8-4-9-16-33)42(54-45)34-17-10-5-11-18-34)52-43(53-41(29)35-23-21-32(27-49)22-24-35)36-19-12-20-37(26-36)46-44(51)47-38(30(2)50)25-31-13-6-3-7-14-31/h3-24,26,29,38-39,41,43,49H,25,27-28H2,1-2H3,(H2,46,47,51). The van der Waals surface area contributed by atoms with Crippen molar-refractivity contribution in [3.8, 4) is 22.6 Å². The van der Waals surface area contributed by atoms with E-state index in [9.17, 15) is 14.7 Å². The van der Waals surface area contributed by atoms with Crippen LogP contribution in [-0.4, -0.2) is 39.8 Å². The molecular weight excluding hydrogens is 711 g/mol. The van der Waals surface area contributed by atoms with Crippen molar-refractivity contribution in [3.63, 3.8) is 0 Å². The number of thioether (sulfide) groups is 1. The van der Waals surface area contributed by atoms with Crippen molar-refractivity contribution in [3.05, 3.63) is 162 Å². The molecule has 2 heterocycles. The van der Waals surface area contributed by atoms with Gasteiger partial charge in [0.2, 0.25) is 0 Å². The van der Waals surface area contributed by atoms with E-state index in [4.69, 9.17) is 18.9 Å². The van der Waals surface area contributed by atoms with Crippen LogP contribution < -0.4 is 10.6 Å². The summed E-state index contributed by atoms with van der Waals surface area (Å²) in [6.07, 6.45) is -0.995. The monoisotopic (exact) mass is 753 g/mol. The molecule has 5 atom stereocenters. The van der Waals surface area contributed by atoms with Crippen LogP contribution in [0.3, 0.4) is 0 Å². The van der Waals surface area contributed by atoms with E-state index in [1.54, 1.807) is 6.07 Å². The van der Waals surface area contributed by atoms with Gasteiger partial charge in [-0.2, -0.15) is 0 Å². The van der Waals surface area contributed by atoms with Crippen molar-refractivity contribution in [1.82, 2.24) is 10.3 Å². The topological polar surface area (TPSA) is 123 Å². The Labute approximate surface area is 325 Å². The number of aliphatic hydroxyl groups is 1. The molecule has 1 saturated heterocycles. The summed E-state index contributed by atoms with van der Waals surface area (Å²) in [7, 11) is 0. The minimum absolute atomic E-state index is 0.0504. The van der Waals surface area contributed by atoms with Crippen LogP contribution in [0.25, 0.3) is 22.6 Å². The first-order valence-electron chi connectivity index (χ1n) is 18.3. The highest BCUT2D eigenvalue weighted by molar-refractivity contribution is 7.99. The Morgan fingerprint density at radius 1 is 0.782 bits per heavy atom. The summed E-state index contributed by atoms with van der Waals surface area (Å²) in [5.74, 6) is 1.04. The fourth-order valence-electron chi connectivity index (χ4n) is 6.64. The number of urea groups is 1. The molecule has 55 heavy (non-hydrogen) atoms. The van der Waals surface area contributed by atoms with Crippen molar-refractivity contribution >= 4 is 29.3 Å². The Hall–Kier alpha value is -5.52. The maximum Gasteiger partial charge on any atom is 0.319 e. The van der Waals surface area contributed by atoms with Crippen molar-refractivity contribution in [2.75, 3.05) is 11.1 Å². The Morgan fingerprint density at radius 2 is 1.45 bits per heavy atom. The lowest BCUT2D eigenvalue weighted by Crippen LogP contribution is -2.43. The second-order valence-corrected chi connectivity index (χ2v) is 14.6. The van der Waals surface area contributed by atoms with Gasteiger partial charge in [-0.15, -0.1) is 0 Å². The van der Waals surface area contributed by atoms with Gasteiger partial charge in [-0.1, -0.05) is 146 Å². The Balaban J connectivity index is 1.11. The number of ketones is 1. The van der Waals surface area contributed by atoms with Crippen LogP contribution in [-0.2, 0) is 27.3 Å². The number of anilines is 1. The number of ether oxygens (including phenoxy) is 2. The highest BCUT2D eigenvalue weighted by Crippen LogP contribution is 2.44. The maximum absolute atomic E-state index is 13.1. The van der Waals surface area contributed by atoms with E-state index in [0.29, 0.717) is 28.8 Å². The summed E-state index contributed by atoms with van der Waals surface area (Å²) in [6, 6.07) is 43.5. The number of nitrogens with one attached hydrogen (secondary N) is 2. The van der Waals surface area contributed by atoms with E-state index >= 15 is 0 Å². The number of hydrogen-bond donors (Lipinski definition) is 3. The quantitative estimate of drug-likeness (QED) is 0.0998. The van der Waals surface area contributed by atoms with Gasteiger partial charge in [0.05, 0.1) is 24.9 Å². The van der Waals surface area contributed by atoms with Gasteiger partial charge in [-0.25, -0.2) is 9.78 Å². The van der Waals surface area contributed by atoms with Crippen LogP contribution in [0.1, 0.15) is 48.5 Å². The molecule has 3 N–H and O–H groups in total. The summed E-state index contributed by atoms with van der Waals surface area (Å²) < 4.78 is 19.8. The zero-order valence-electron chi connectivity index (χ0n) is 30.6. The Bertz CT molecular complexity index is 2120. The largest absolute Gasteiger partial charge is 0.431 e. The first-order valence-corrected chi connectivity index (χ1v) is 19.3. The van der Waals surface area contributed by atoms with E-state index in [1.807, 2.05) is 133 Å². The third kappa shape index (κ3) is 9.41. The lowest BCUT2D eigenvalue weighted by atomic mass is 9.91. The van der Waals surface area contributed by atoms with Gasteiger partial charge in [-0.3, -0.25) is 4.79 Å². The molecule has 6 aromatic rings. The number of aliphatic hydroxyl groups excluding tert-OH is 1. The maximum atomic E-state index is 13.1. The van der Waals surface area contributed by atoms with E-state index in [1.165, 1.54) is 18.7 Å². The van der Waals surface area contributed by atoms with E-state index < -0.39 is 18.4 Å². The van der Waals surface area contributed by atoms with Crippen molar-refractivity contribution < 1.29 is 28.6 Å². The molecule has 2 amide bonds. The Morgan fingerprint density at radius 3 is 2.13 bits per heavy atom. The normalized spacial score (nSPS) is 18.7. The van der Waals surface area contributed by atoms with Crippen molar-refractivity contribution in [2.24, 2.45) is 5.92 Å². The molecule has 1 fully saturated rings. The average Bonchev–Trinajstić information content (AvgIpc) is 3.66. The molecule has 0 radical (unpaired) electrons. The molecule has 0 spiro atoms. The number of amides is 2. The molecule has 1 aliphatic rings. The number of aromatic nitrogens is 1. The van der Waals surface area contributed by atoms with Crippen LogP contribution in [0.4, 0.5) is 10.5 Å². The lowest BCUT2D eigenvalue weighted by Gasteiger charge is -2.41. The summed E-state index contributed by atoms with van der Waals surface area (Å²) in [5, 5.41) is 15.9. The van der Waals surface area contributed by atoms with E-state index in [2.05, 4.69) is 17.6 Å². The molecule has 5 unspecified atom stereocenters. The summed E-state index contributed by atoms with van der Waals surface area (Å²) in [5.41, 5.74) is 6.66. The zero-order valence-corrected chi connectivity index (χ0v) is 31.4. The van der Waals surface area contributed by atoms with Gasteiger partial charge in [-0.05, 0) is 42.2 Å². The van der Waals surface area contributed by atoms with Crippen LogP contribution in [0.2, 0.25) is 0 Å². The first-order chi connectivity index (χ1) is 26.8. The SMILES string of the molecule is CC(=O)C(Cc1ccccc1)NC(=O)Nc1cccc(C2OC(CSc3nc(-c4ccccc4)c(-c4ccccc4)o3)C(C)C(c3ccc(CO)cc3)O2)c1. The number of nitrogens with zero attached hydrogens (tertiary/aromatic N) is 1. The second-order valence-electron chi connectivity index (χ2n) is 13.6. The third-order valence-corrected chi connectivity index (χ3v) is 10.6. The molecule has 9 nitrogen and oxygen atoms in total. The fourth-order valence-corrected chi connectivity index (χ4v) is 7.62. The predicted octanol–water partition coefficient (Wildman–Crippen LogP) is 9.41. The number of carbonyl (C=O) groups excluding carboxylic acids is 2. The molecule has 0 bridgehead atoms. The highest BCUT2D eigenvalue weighted by atomic mass is 32.2. The minimum atomic E-state index is -0.763. The lowest BCUT2D eigenvalue weighted by molar-refractivity contribution is -0.268. The fraction of sp³-hybridized carbons (Fsp3) is 0.222.